The van der Waals surface area contributed by atoms with Crippen molar-refractivity contribution in [3.8, 4) is 5.75 Å². The number of nitrogens with zero attached hydrogens (tertiary/aromatic N) is 2. The first-order valence-corrected chi connectivity index (χ1v) is 16.2. The third-order valence-corrected chi connectivity index (χ3v) is 10.7. The maximum absolute atomic E-state index is 15.8. The van der Waals surface area contributed by atoms with E-state index in [1.807, 2.05) is 79.7 Å². The zero-order valence-electron chi connectivity index (χ0n) is 22.1. The molecule has 6 rings (SSSR count). The maximum Gasteiger partial charge on any atom is 0.269 e. The summed E-state index contributed by atoms with van der Waals surface area (Å²) in [5, 5.41) is 9.82. The Labute approximate surface area is 227 Å². The highest BCUT2D eigenvalue weighted by atomic mass is 28.4. The minimum atomic E-state index is -3.33. The fraction of sp³-hybridized carbons (Fsp3) is 0.333. The van der Waals surface area contributed by atoms with Crippen molar-refractivity contribution in [2.24, 2.45) is 5.92 Å². The van der Waals surface area contributed by atoms with Gasteiger partial charge in [-0.25, -0.2) is 0 Å². The minimum Gasteiger partial charge on any atom is -0.482 e. The van der Waals surface area contributed by atoms with E-state index in [-0.39, 0.29) is 31.4 Å². The van der Waals surface area contributed by atoms with Gasteiger partial charge in [0.25, 0.3) is 11.8 Å². The molecule has 1 saturated heterocycles. The third kappa shape index (κ3) is 3.82. The molecule has 0 unspecified atom stereocenters. The molecule has 0 aromatic heterocycles. The van der Waals surface area contributed by atoms with Crippen LogP contribution in [-0.4, -0.2) is 44.6 Å². The second-order valence-corrected chi connectivity index (χ2v) is 14.7. The molecule has 3 heterocycles. The lowest BCUT2D eigenvalue weighted by Gasteiger charge is -2.32. The summed E-state index contributed by atoms with van der Waals surface area (Å²) in [5.41, 5.74) is 1.13. The van der Waals surface area contributed by atoms with E-state index < -0.39 is 31.6 Å². The van der Waals surface area contributed by atoms with E-state index in [1.54, 1.807) is 22.9 Å². The average Bonchev–Trinajstić information content (AvgIpc) is 3.35. The summed E-state index contributed by atoms with van der Waals surface area (Å²) in [5.74, 6) is -0.428. The lowest BCUT2D eigenvalue weighted by molar-refractivity contribution is -0.145. The van der Waals surface area contributed by atoms with Crippen LogP contribution in [0.15, 0.2) is 72.8 Å². The minimum absolute atomic E-state index is 0.108. The Bertz CT molecular complexity index is 1440. The fourth-order valence-corrected chi connectivity index (χ4v) is 9.26. The predicted octanol–water partition coefficient (Wildman–Crippen LogP) is 5.58. The smallest absolute Gasteiger partial charge is 0.269 e. The van der Waals surface area contributed by atoms with Gasteiger partial charge in [-0.2, -0.15) is 0 Å². The normalized spacial score (nSPS) is 26.1. The lowest BCUT2D eigenvalue weighted by atomic mass is 9.82. The Morgan fingerprint density at radius 3 is 2.41 bits per heavy atom. The summed E-state index contributed by atoms with van der Waals surface area (Å²) < 4.78 is 28.1. The van der Waals surface area contributed by atoms with Crippen molar-refractivity contribution in [3.63, 3.8) is 0 Å². The van der Waals surface area contributed by atoms with Gasteiger partial charge < -0.3 is 18.7 Å². The van der Waals surface area contributed by atoms with Crippen LogP contribution >= 0.6 is 0 Å². The zero-order valence-corrected chi connectivity index (χ0v) is 23.1. The molecule has 1 fully saturated rings. The second kappa shape index (κ2) is 9.29. The van der Waals surface area contributed by atoms with Crippen LogP contribution in [0.5, 0.6) is 5.75 Å². The summed E-state index contributed by atoms with van der Waals surface area (Å²) in [4.78, 5) is 30.9. The van der Waals surface area contributed by atoms with Crippen LogP contribution in [0.3, 0.4) is 0 Å². The van der Waals surface area contributed by atoms with E-state index in [0.717, 1.165) is 0 Å². The van der Waals surface area contributed by atoms with Gasteiger partial charge in [-0.05, 0) is 62.0 Å². The number of fused-ring (bicyclic) bond motifs is 3. The number of rotatable bonds is 5. The van der Waals surface area contributed by atoms with Crippen molar-refractivity contribution >= 4 is 43.0 Å². The molecule has 1 N–H and O–H groups in total. The number of hydrogen-bond donors (Lipinski definition) is 1. The molecule has 0 saturated carbocycles. The molecular weight excluding hydrogens is 515 g/mol. The first kappa shape index (κ1) is 25.7. The molecule has 3 aromatic rings. The van der Waals surface area contributed by atoms with E-state index in [4.69, 9.17) is 9.47 Å². The Morgan fingerprint density at radius 2 is 1.69 bits per heavy atom. The number of amides is 2. The number of carbonyl (C=O) groups excluding carboxylic acids is 2. The number of para-hydroxylation sites is 3. The first-order valence-electron chi connectivity index (χ1n) is 13.2. The van der Waals surface area contributed by atoms with Crippen LogP contribution in [0, 0.1) is 5.92 Å². The second-order valence-electron chi connectivity index (χ2n) is 10.9. The summed E-state index contributed by atoms with van der Waals surface area (Å²) in [6.45, 7) is 4.88. The Balaban J connectivity index is 1.56. The lowest BCUT2D eigenvalue weighted by Crippen LogP contribution is -2.44. The molecule has 4 atom stereocenters. The van der Waals surface area contributed by atoms with Crippen LogP contribution < -0.4 is 14.5 Å². The number of benzene rings is 3. The van der Waals surface area contributed by atoms with Gasteiger partial charge >= 0.3 is 0 Å². The van der Waals surface area contributed by atoms with E-state index >= 15 is 4.11 Å². The number of ether oxygens (including phenoxy) is 2. The zero-order chi connectivity index (χ0) is 27.5. The largest absolute Gasteiger partial charge is 0.482 e. The highest BCUT2D eigenvalue weighted by Crippen LogP contribution is 2.61. The van der Waals surface area contributed by atoms with Crippen molar-refractivity contribution in [1.29, 1.82) is 0 Å². The van der Waals surface area contributed by atoms with E-state index in [2.05, 4.69) is 0 Å². The number of anilines is 4. The number of aliphatic hydroxyl groups is 1. The summed E-state index contributed by atoms with van der Waals surface area (Å²) >= 11 is 0. The van der Waals surface area contributed by atoms with Gasteiger partial charge in [-0.3, -0.25) is 19.4 Å². The SMILES string of the molecule is C[C@H]1[C@H]([Si](C)(C)F)[C@@H](CCO)O[C@]12C(=O)N(c1ccccc1)c1ccc(N3C(=O)COc4ccccc43)cc12. The fourth-order valence-electron chi connectivity index (χ4n) is 6.72. The van der Waals surface area contributed by atoms with Gasteiger partial charge in [0.05, 0.1) is 17.5 Å². The molecule has 202 valence electrons. The summed E-state index contributed by atoms with van der Waals surface area (Å²) in [7, 11) is -3.33. The quantitative estimate of drug-likeness (QED) is 0.334. The summed E-state index contributed by atoms with van der Waals surface area (Å²) in [6, 6.07) is 22.1. The molecule has 0 aliphatic carbocycles. The number of carbonyl (C=O) groups is 2. The van der Waals surface area contributed by atoms with E-state index in [9.17, 15) is 14.7 Å². The molecule has 3 aliphatic rings. The van der Waals surface area contributed by atoms with Crippen LogP contribution in [0.2, 0.25) is 18.6 Å². The topological polar surface area (TPSA) is 79.3 Å². The molecule has 2 amide bonds. The summed E-state index contributed by atoms with van der Waals surface area (Å²) in [6.07, 6.45) is -0.376. The molecule has 7 nitrogen and oxygen atoms in total. The van der Waals surface area contributed by atoms with Crippen molar-refractivity contribution < 1.29 is 28.3 Å². The van der Waals surface area contributed by atoms with Crippen molar-refractivity contribution in [1.82, 2.24) is 0 Å². The van der Waals surface area contributed by atoms with Crippen LogP contribution in [0.1, 0.15) is 18.9 Å². The first-order chi connectivity index (χ1) is 18.7. The Hall–Kier alpha value is -3.53. The van der Waals surface area contributed by atoms with Crippen molar-refractivity contribution in [3.05, 3.63) is 78.4 Å². The van der Waals surface area contributed by atoms with E-state index in [0.29, 0.717) is 34.1 Å². The van der Waals surface area contributed by atoms with Crippen molar-refractivity contribution in [2.45, 2.75) is 43.7 Å². The highest BCUT2D eigenvalue weighted by Gasteiger charge is 2.67. The Morgan fingerprint density at radius 1 is 0.974 bits per heavy atom. The standard InChI is InChI=1S/C30H31FN2O5Si/c1-19-28(39(2,3)31)26(15-16-34)38-30(19)22-17-21(32-24-11-7-8-12-25(24)37-18-27(32)35)13-14-23(22)33(29(30)36)20-9-5-4-6-10-20/h4-14,17,19,26,28,34H,15-16,18H2,1-3H3/t19-,26+,28-,30+/m0/s1. The van der Waals surface area contributed by atoms with Crippen molar-refractivity contribution in [2.75, 3.05) is 23.0 Å². The molecule has 1 spiro atoms. The maximum atomic E-state index is 15.8. The molecular formula is C30H31FN2O5Si. The number of halogens is 1. The predicted molar refractivity (Wildman–Crippen MR) is 149 cm³/mol. The molecule has 9 heteroatoms. The third-order valence-electron chi connectivity index (χ3n) is 8.25. The monoisotopic (exact) mass is 546 g/mol. The van der Waals surface area contributed by atoms with Gasteiger partial charge in [0, 0.05) is 35.0 Å². The molecule has 39 heavy (non-hydrogen) atoms. The van der Waals surface area contributed by atoms with E-state index in [1.165, 1.54) is 0 Å². The average molecular weight is 547 g/mol. The molecule has 3 aromatic carbocycles. The Kier molecular flexibility index (Phi) is 6.13. The van der Waals surface area contributed by atoms with Gasteiger partial charge in [-0.1, -0.05) is 37.3 Å². The van der Waals surface area contributed by atoms with Gasteiger partial charge in [0.1, 0.15) is 5.75 Å². The van der Waals surface area contributed by atoms with Crippen LogP contribution in [0.4, 0.5) is 26.9 Å². The van der Waals surface area contributed by atoms with Gasteiger partial charge in [-0.15, -0.1) is 0 Å². The van der Waals surface area contributed by atoms with Crippen LogP contribution in [0.25, 0.3) is 0 Å². The number of aliphatic hydroxyl groups excluding tert-OH is 1. The van der Waals surface area contributed by atoms with Gasteiger partial charge in [0.15, 0.2) is 12.2 Å². The highest BCUT2D eigenvalue weighted by molar-refractivity contribution is 6.72. The molecule has 0 bridgehead atoms. The van der Waals surface area contributed by atoms with Gasteiger partial charge in [0.2, 0.25) is 8.41 Å². The molecule has 3 aliphatic heterocycles. The van der Waals surface area contributed by atoms with Crippen LogP contribution in [-0.2, 0) is 19.9 Å². The molecule has 0 radical (unpaired) electrons. The number of hydrogen-bond acceptors (Lipinski definition) is 5.